The molecule has 0 spiro atoms. The Hall–Kier alpha value is -2.05. The molecule has 1 aromatic heterocycles. The van der Waals surface area contributed by atoms with Crippen molar-refractivity contribution in [2.45, 2.75) is 50.6 Å². The highest BCUT2D eigenvalue weighted by molar-refractivity contribution is 5.76. The van der Waals surface area contributed by atoms with Gasteiger partial charge in [-0.1, -0.05) is 19.3 Å². The van der Waals surface area contributed by atoms with Gasteiger partial charge in [0.2, 0.25) is 0 Å². The first-order valence-electron chi connectivity index (χ1n) is 7.24. The molecule has 21 heavy (non-hydrogen) atoms. The van der Waals surface area contributed by atoms with Crippen LogP contribution in [0.3, 0.4) is 0 Å². The van der Waals surface area contributed by atoms with Gasteiger partial charge in [-0.05, 0) is 12.8 Å². The Morgan fingerprint density at radius 2 is 2.14 bits per heavy atom. The number of aliphatic carboxylic acids is 1. The van der Waals surface area contributed by atoms with Crippen LogP contribution in [0.5, 0.6) is 0 Å². The van der Waals surface area contributed by atoms with E-state index in [0.29, 0.717) is 12.4 Å². The Bertz CT molecular complexity index is 480. The zero-order valence-electron chi connectivity index (χ0n) is 12.3. The lowest BCUT2D eigenvalue weighted by molar-refractivity contribution is -0.139. The number of aromatic amines is 1. The molecule has 1 saturated carbocycles. The Morgan fingerprint density at radius 3 is 2.71 bits per heavy atom. The number of nitrogens with zero attached hydrogens (tertiary/aromatic N) is 2. The van der Waals surface area contributed by atoms with E-state index in [-0.39, 0.29) is 12.5 Å². The Balaban J connectivity index is 1.98. The van der Waals surface area contributed by atoms with Crippen LogP contribution in [0.4, 0.5) is 4.79 Å². The summed E-state index contributed by atoms with van der Waals surface area (Å²) in [6.07, 6.45) is 7.76. The fraction of sp³-hybridized carbons (Fsp3) is 0.643. The maximum absolute atomic E-state index is 12.3. The van der Waals surface area contributed by atoms with E-state index in [1.807, 2.05) is 0 Å². The van der Waals surface area contributed by atoms with Gasteiger partial charge in [-0.15, -0.1) is 0 Å². The maximum atomic E-state index is 12.3. The van der Waals surface area contributed by atoms with Crippen molar-refractivity contribution in [3.63, 3.8) is 0 Å². The van der Waals surface area contributed by atoms with Crippen molar-refractivity contribution < 1.29 is 14.7 Å². The zero-order chi connectivity index (χ0) is 15.3. The maximum Gasteiger partial charge on any atom is 0.317 e. The Kier molecular flexibility index (Phi) is 4.82. The number of urea groups is 1. The molecule has 0 atom stereocenters. The molecule has 7 nitrogen and oxygen atoms in total. The van der Waals surface area contributed by atoms with Crippen molar-refractivity contribution in [1.82, 2.24) is 20.2 Å². The minimum atomic E-state index is -0.870. The summed E-state index contributed by atoms with van der Waals surface area (Å²) in [7, 11) is 1.68. The lowest BCUT2D eigenvalue weighted by Gasteiger charge is -2.38. The van der Waals surface area contributed by atoms with Crippen LogP contribution in [0.1, 0.15) is 44.3 Å². The number of nitrogens with one attached hydrogen (secondary N) is 2. The number of hydrogen-bond donors (Lipinski definition) is 3. The van der Waals surface area contributed by atoms with Crippen LogP contribution in [0, 0.1) is 0 Å². The number of rotatable bonds is 5. The molecule has 116 valence electrons. The topological polar surface area (TPSA) is 98.3 Å². The van der Waals surface area contributed by atoms with E-state index < -0.39 is 11.5 Å². The molecule has 0 aromatic carbocycles. The second kappa shape index (κ2) is 6.60. The van der Waals surface area contributed by atoms with E-state index >= 15 is 0 Å². The number of carboxylic acids is 1. The van der Waals surface area contributed by atoms with Crippen LogP contribution in [-0.4, -0.2) is 44.6 Å². The van der Waals surface area contributed by atoms with E-state index in [4.69, 9.17) is 5.11 Å². The fourth-order valence-corrected chi connectivity index (χ4v) is 2.87. The molecular weight excluding hydrogens is 272 g/mol. The van der Waals surface area contributed by atoms with Crippen LogP contribution in [0.25, 0.3) is 0 Å². The van der Waals surface area contributed by atoms with Gasteiger partial charge in [-0.3, -0.25) is 4.79 Å². The number of carbonyl (C=O) groups excluding carboxylic acids is 1. The van der Waals surface area contributed by atoms with Crippen molar-refractivity contribution in [2.24, 2.45) is 0 Å². The van der Waals surface area contributed by atoms with E-state index in [0.717, 1.165) is 32.1 Å². The molecule has 1 fully saturated rings. The quantitative estimate of drug-likeness (QED) is 0.770. The van der Waals surface area contributed by atoms with Crippen LogP contribution in [0.15, 0.2) is 12.4 Å². The molecular formula is C14H22N4O3. The smallest absolute Gasteiger partial charge is 0.317 e. The second-order valence-corrected chi connectivity index (χ2v) is 5.73. The van der Waals surface area contributed by atoms with Gasteiger partial charge < -0.3 is 20.3 Å². The van der Waals surface area contributed by atoms with Crippen LogP contribution >= 0.6 is 0 Å². The molecule has 0 aliphatic heterocycles. The number of aromatic nitrogens is 2. The highest BCUT2D eigenvalue weighted by Gasteiger charge is 2.36. The van der Waals surface area contributed by atoms with Gasteiger partial charge in [0.05, 0.1) is 18.5 Å². The van der Waals surface area contributed by atoms with Gasteiger partial charge in [0.1, 0.15) is 5.82 Å². The normalized spacial score (nSPS) is 17.2. The van der Waals surface area contributed by atoms with Gasteiger partial charge in [0.25, 0.3) is 0 Å². The highest BCUT2D eigenvalue weighted by Crippen LogP contribution is 2.31. The summed E-state index contributed by atoms with van der Waals surface area (Å²) < 4.78 is 0. The van der Waals surface area contributed by atoms with Crippen molar-refractivity contribution in [1.29, 1.82) is 0 Å². The molecule has 0 saturated heterocycles. The van der Waals surface area contributed by atoms with Crippen molar-refractivity contribution in [3.05, 3.63) is 18.2 Å². The molecule has 7 heteroatoms. The lowest BCUT2D eigenvalue weighted by Crippen LogP contribution is -2.54. The molecule has 0 bridgehead atoms. The van der Waals surface area contributed by atoms with Crippen LogP contribution < -0.4 is 5.32 Å². The van der Waals surface area contributed by atoms with Crippen molar-refractivity contribution >= 4 is 12.0 Å². The summed E-state index contributed by atoms with van der Waals surface area (Å²) >= 11 is 0. The summed E-state index contributed by atoms with van der Waals surface area (Å²) in [5.74, 6) is -0.172. The summed E-state index contributed by atoms with van der Waals surface area (Å²) in [6.45, 7) is 0.363. The van der Waals surface area contributed by atoms with E-state index in [1.165, 1.54) is 4.90 Å². The van der Waals surface area contributed by atoms with E-state index in [9.17, 15) is 9.59 Å². The summed E-state index contributed by atoms with van der Waals surface area (Å²) in [5.41, 5.74) is -0.613. The zero-order valence-corrected chi connectivity index (χ0v) is 12.3. The number of imidazole rings is 1. The SMILES string of the molecule is CN(Cc1ncc[nH]1)C(=O)NC1(CC(=O)O)CCCCC1. The third kappa shape index (κ3) is 4.21. The molecule has 1 aliphatic rings. The number of carboxylic acid groups (broad SMARTS) is 1. The number of H-pyrrole nitrogens is 1. The van der Waals surface area contributed by atoms with Crippen molar-refractivity contribution in [3.8, 4) is 0 Å². The standard InChI is InChI=1S/C14H22N4O3/c1-18(10-11-15-7-8-16-11)13(21)17-14(9-12(19)20)5-3-2-4-6-14/h7-8H,2-6,9-10H2,1H3,(H,15,16)(H,17,21)(H,19,20). The minimum Gasteiger partial charge on any atom is -0.481 e. The number of hydrogen-bond acceptors (Lipinski definition) is 3. The average Bonchev–Trinajstić information content (AvgIpc) is 2.91. The van der Waals surface area contributed by atoms with E-state index in [1.54, 1.807) is 19.4 Å². The monoisotopic (exact) mass is 294 g/mol. The summed E-state index contributed by atoms with van der Waals surface area (Å²) in [4.78, 5) is 31.9. The Morgan fingerprint density at radius 1 is 1.43 bits per heavy atom. The summed E-state index contributed by atoms with van der Waals surface area (Å²) in [6, 6.07) is -0.255. The number of amides is 2. The predicted octanol–water partition coefficient (Wildman–Crippen LogP) is 1.73. The first-order valence-corrected chi connectivity index (χ1v) is 7.24. The minimum absolute atomic E-state index is 0.0205. The molecule has 0 unspecified atom stereocenters. The third-order valence-electron chi connectivity index (χ3n) is 3.96. The molecule has 1 aromatic rings. The van der Waals surface area contributed by atoms with Crippen LogP contribution in [0.2, 0.25) is 0 Å². The van der Waals surface area contributed by atoms with E-state index in [2.05, 4.69) is 15.3 Å². The first kappa shape index (κ1) is 15.3. The van der Waals surface area contributed by atoms with Gasteiger partial charge in [-0.25, -0.2) is 9.78 Å². The fourth-order valence-electron chi connectivity index (χ4n) is 2.87. The third-order valence-corrected chi connectivity index (χ3v) is 3.96. The molecule has 0 radical (unpaired) electrons. The van der Waals surface area contributed by atoms with Gasteiger partial charge >= 0.3 is 12.0 Å². The van der Waals surface area contributed by atoms with Gasteiger partial charge in [-0.2, -0.15) is 0 Å². The predicted molar refractivity (Wildman–Crippen MR) is 76.7 cm³/mol. The van der Waals surface area contributed by atoms with Gasteiger partial charge in [0.15, 0.2) is 0 Å². The molecule has 3 N–H and O–H groups in total. The second-order valence-electron chi connectivity index (χ2n) is 5.73. The van der Waals surface area contributed by atoms with Crippen molar-refractivity contribution in [2.75, 3.05) is 7.05 Å². The molecule has 1 aliphatic carbocycles. The highest BCUT2D eigenvalue weighted by atomic mass is 16.4. The molecule has 2 amide bonds. The first-order chi connectivity index (χ1) is 10.0. The average molecular weight is 294 g/mol. The number of carbonyl (C=O) groups is 2. The molecule has 2 rings (SSSR count). The lowest BCUT2D eigenvalue weighted by atomic mass is 9.79. The van der Waals surface area contributed by atoms with Gasteiger partial charge in [0, 0.05) is 19.4 Å². The summed E-state index contributed by atoms with van der Waals surface area (Å²) in [5, 5.41) is 12.1. The Labute approximate surface area is 123 Å². The molecule has 1 heterocycles. The largest absolute Gasteiger partial charge is 0.481 e. The van der Waals surface area contributed by atoms with Crippen LogP contribution in [-0.2, 0) is 11.3 Å².